The maximum absolute atomic E-state index is 11.7. The first-order valence-electron chi connectivity index (χ1n) is 6.80. The van der Waals surface area contributed by atoms with Gasteiger partial charge in [-0.1, -0.05) is 6.92 Å². The molecular weight excluding hydrogens is 216 g/mol. The van der Waals surface area contributed by atoms with Gasteiger partial charge in [0, 0.05) is 6.54 Å². The lowest BCUT2D eigenvalue weighted by atomic mass is 9.98. The Morgan fingerprint density at radius 2 is 2.29 bits per heavy atom. The van der Waals surface area contributed by atoms with Crippen LogP contribution in [0.25, 0.3) is 0 Å². The number of nitrogens with zero attached hydrogens (tertiary/aromatic N) is 1. The normalized spacial score (nSPS) is 22.5. The fraction of sp³-hybridized carbons (Fsp3) is 0.923. The van der Waals surface area contributed by atoms with E-state index in [9.17, 15) is 4.79 Å². The highest BCUT2D eigenvalue weighted by Gasteiger charge is 2.24. The Kier molecular flexibility index (Phi) is 6.52. The lowest BCUT2D eigenvalue weighted by molar-refractivity contribution is -0.149. The number of carbonyl (C=O) groups excluding carboxylic acids is 1. The molecule has 1 rings (SSSR count). The fourth-order valence-corrected chi connectivity index (χ4v) is 2.38. The Balaban J connectivity index is 2.42. The molecule has 4 heteroatoms. The van der Waals surface area contributed by atoms with Gasteiger partial charge < -0.3 is 10.1 Å². The second-order valence-corrected chi connectivity index (χ2v) is 4.73. The Hall–Kier alpha value is -0.610. The zero-order valence-electron chi connectivity index (χ0n) is 11.4. The summed E-state index contributed by atoms with van der Waals surface area (Å²) >= 11 is 0. The van der Waals surface area contributed by atoms with Crippen LogP contribution in [0.15, 0.2) is 0 Å². The summed E-state index contributed by atoms with van der Waals surface area (Å²) in [6.45, 7) is 10.5. The highest BCUT2D eigenvalue weighted by Crippen LogP contribution is 2.13. The molecule has 1 fully saturated rings. The number of likely N-dealkylation sites (N-methyl/N-ethyl adjacent to an activating group) is 1. The highest BCUT2D eigenvalue weighted by molar-refractivity contribution is 5.75. The van der Waals surface area contributed by atoms with Gasteiger partial charge in [0.05, 0.1) is 6.61 Å². The van der Waals surface area contributed by atoms with Gasteiger partial charge in [0.1, 0.15) is 6.04 Å². The van der Waals surface area contributed by atoms with Crippen molar-refractivity contribution in [1.82, 2.24) is 10.2 Å². The number of piperidine rings is 1. The second-order valence-electron chi connectivity index (χ2n) is 4.73. The number of nitrogens with one attached hydrogen (secondary N) is 1. The van der Waals surface area contributed by atoms with E-state index in [2.05, 4.69) is 17.1 Å². The van der Waals surface area contributed by atoms with Crippen molar-refractivity contribution in [3.63, 3.8) is 0 Å². The van der Waals surface area contributed by atoms with Crippen molar-refractivity contribution in [2.75, 3.05) is 32.8 Å². The van der Waals surface area contributed by atoms with Crippen LogP contribution in [-0.2, 0) is 9.53 Å². The van der Waals surface area contributed by atoms with E-state index in [1.165, 1.54) is 12.8 Å². The monoisotopic (exact) mass is 242 g/mol. The average Bonchev–Trinajstić information content (AvgIpc) is 2.36. The van der Waals surface area contributed by atoms with E-state index in [1.54, 1.807) is 0 Å². The molecule has 2 atom stereocenters. The maximum Gasteiger partial charge on any atom is 0.323 e. The van der Waals surface area contributed by atoms with Crippen LogP contribution < -0.4 is 5.32 Å². The number of hydrogen-bond donors (Lipinski definition) is 1. The van der Waals surface area contributed by atoms with Gasteiger partial charge in [-0.15, -0.1) is 0 Å². The zero-order chi connectivity index (χ0) is 12.7. The van der Waals surface area contributed by atoms with Gasteiger partial charge in [-0.3, -0.25) is 9.69 Å². The Morgan fingerprint density at radius 3 is 2.82 bits per heavy atom. The summed E-state index contributed by atoms with van der Waals surface area (Å²) in [6, 6.07) is -0.123. The van der Waals surface area contributed by atoms with E-state index in [0.717, 1.165) is 26.2 Å². The molecule has 100 valence electrons. The lowest BCUT2D eigenvalue weighted by Gasteiger charge is -2.32. The van der Waals surface area contributed by atoms with Gasteiger partial charge in [-0.25, -0.2) is 0 Å². The molecular formula is C13H26N2O2. The third-order valence-electron chi connectivity index (χ3n) is 3.47. The van der Waals surface area contributed by atoms with Crippen molar-refractivity contribution in [2.24, 2.45) is 5.92 Å². The molecule has 1 aliphatic heterocycles. The summed E-state index contributed by atoms with van der Waals surface area (Å²) in [5.41, 5.74) is 0. The third kappa shape index (κ3) is 4.64. The number of hydrogen-bond acceptors (Lipinski definition) is 4. The standard InChI is InChI=1S/C13H26N2O2/c1-4-15(11(3)13(16)17-5-2)10-12-7-6-8-14-9-12/h11-12,14H,4-10H2,1-3H3. The molecule has 0 aromatic heterocycles. The highest BCUT2D eigenvalue weighted by atomic mass is 16.5. The van der Waals surface area contributed by atoms with Crippen LogP contribution in [-0.4, -0.2) is 49.7 Å². The molecule has 0 saturated carbocycles. The minimum atomic E-state index is -0.123. The summed E-state index contributed by atoms with van der Waals surface area (Å²) in [6.07, 6.45) is 2.51. The van der Waals surface area contributed by atoms with E-state index in [0.29, 0.717) is 12.5 Å². The average molecular weight is 242 g/mol. The van der Waals surface area contributed by atoms with Gasteiger partial charge in [0.2, 0.25) is 0 Å². The Bertz CT molecular complexity index is 227. The first kappa shape index (κ1) is 14.5. The van der Waals surface area contributed by atoms with Gasteiger partial charge in [0.25, 0.3) is 0 Å². The smallest absolute Gasteiger partial charge is 0.323 e. The second kappa shape index (κ2) is 7.67. The van der Waals surface area contributed by atoms with Crippen molar-refractivity contribution in [2.45, 2.75) is 39.7 Å². The summed E-state index contributed by atoms with van der Waals surface area (Å²) in [5, 5.41) is 3.41. The fourth-order valence-electron chi connectivity index (χ4n) is 2.38. The van der Waals surface area contributed by atoms with Crippen LogP contribution in [0, 0.1) is 5.92 Å². The minimum absolute atomic E-state index is 0.0990. The van der Waals surface area contributed by atoms with Crippen molar-refractivity contribution in [3.05, 3.63) is 0 Å². The van der Waals surface area contributed by atoms with Gasteiger partial charge in [-0.2, -0.15) is 0 Å². The summed E-state index contributed by atoms with van der Waals surface area (Å²) in [7, 11) is 0. The molecule has 0 aromatic carbocycles. The molecule has 0 radical (unpaired) electrons. The van der Waals surface area contributed by atoms with E-state index in [4.69, 9.17) is 4.74 Å². The van der Waals surface area contributed by atoms with Crippen LogP contribution in [0.2, 0.25) is 0 Å². The van der Waals surface area contributed by atoms with Crippen molar-refractivity contribution in [3.8, 4) is 0 Å². The Labute approximate surface area is 105 Å². The molecule has 17 heavy (non-hydrogen) atoms. The van der Waals surface area contributed by atoms with E-state index >= 15 is 0 Å². The number of esters is 1. The van der Waals surface area contributed by atoms with Gasteiger partial charge in [0.15, 0.2) is 0 Å². The van der Waals surface area contributed by atoms with Crippen molar-refractivity contribution >= 4 is 5.97 Å². The quantitative estimate of drug-likeness (QED) is 0.712. The molecule has 2 unspecified atom stereocenters. The van der Waals surface area contributed by atoms with Crippen LogP contribution in [0.5, 0.6) is 0 Å². The first-order valence-corrected chi connectivity index (χ1v) is 6.80. The summed E-state index contributed by atoms with van der Waals surface area (Å²) < 4.78 is 5.08. The van der Waals surface area contributed by atoms with Crippen LogP contribution in [0.3, 0.4) is 0 Å². The minimum Gasteiger partial charge on any atom is -0.465 e. The predicted octanol–water partition coefficient (Wildman–Crippen LogP) is 1.26. The summed E-state index contributed by atoms with van der Waals surface area (Å²) in [5.74, 6) is 0.568. The van der Waals surface area contributed by atoms with Gasteiger partial charge >= 0.3 is 5.97 Å². The third-order valence-corrected chi connectivity index (χ3v) is 3.47. The molecule has 0 aromatic rings. The lowest BCUT2D eigenvalue weighted by Crippen LogP contribution is -2.45. The molecule has 0 aliphatic carbocycles. The molecule has 1 heterocycles. The Morgan fingerprint density at radius 1 is 1.53 bits per heavy atom. The molecule has 0 spiro atoms. The van der Waals surface area contributed by atoms with Gasteiger partial charge in [-0.05, 0) is 52.2 Å². The van der Waals surface area contributed by atoms with Crippen LogP contribution in [0.4, 0.5) is 0 Å². The van der Waals surface area contributed by atoms with Crippen LogP contribution in [0.1, 0.15) is 33.6 Å². The van der Waals surface area contributed by atoms with E-state index in [-0.39, 0.29) is 12.0 Å². The first-order chi connectivity index (χ1) is 8.19. The van der Waals surface area contributed by atoms with Crippen molar-refractivity contribution in [1.29, 1.82) is 0 Å². The van der Waals surface area contributed by atoms with E-state index in [1.807, 2.05) is 13.8 Å². The molecule has 1 aliphatic rings. The molecule has 4 nitrogen and oxygen atoms in total. The maximum atomic E-state index is 11.7. The molecule has 0 amide bonds. The van der Waals surface area contributed by atoms with Crippen molar-refractivity contribution < 1.29 is 9.53 Å². The molecule has 1 saturated heterocycles. The molecule has 1 N–H and O–H groups in total. The molecule has 0 bridgehead atoms. The summed E-state index contributed by atoms with van der Waals surface area (Å²) in [4.78, 5) is 13.9. The number of rotatable bonds is 6. The van der Waals surface area contributed by atoms with E-state index < -0.39 is 0 Å². The zero-order valence-corrected chi connectivity index (χ0v) is 11.4. The topological polar surface area (TPSA) is 41.6 Å². The number of carbonyl (C=O) groups is 1. The largest absolute Gasteiger partial charge is 0.465 e. The number of ether oxygens (including phenoxy) is 1. The predicted molar refractivity (Wildman–Crippen MR) is 68.9 cm³/mol. The van der Waals surface area contributed by atoms with Crippen LogP contribution >= 0.6 is 0 Å². The SMILES string of the molecule is CCOC(=O)C(C)N(CC)CC1CCCNC1.